The third kappa shape index (κ3) is 36.4. The Morgan fingerprint density at radius 2 is 1.30 bits per heavy atom. The van der Waals surface area contributed by atoms with Gasteiger partial charge in [0.2, 0.25) is 0 Å². The van der Waals surface area contributed by atoms with Crippen LogP contribution in [-0.2, 0) is 28.6 Å². The molecule has 1 fully saturated rings. The van der Waals surface area contributed by atoms with Crippen LogP contribution in [-0.4, -0.2) is 95.8 Å². The molecule has 1 unspecified atom stereocenters. The maximum absolute atomic E-state index is 10.2. The topological polar surface area (TPSA) is 183 Å². The minimum absolute atomic E-state index is 0.0417. The van der Waals surface area contributed by atoms with Crippen molar-refractivity contribution in [3.05, 3.63) is 37.0 Å². The molecule has 1 atom stereocenters. The van der Waals surface area contributed by atoms with Crippen LogP contribution in [0.25, 0.3) is 0 Å². The predicted molar refractivity (Wildman–Crippen MR) is 107 cm³/mol. The minimum atomic E-state index is -0.981. The van der Waals surface area contributed by atoms with E-state index >= 15 is 0 Å². The molecule has 1 aliphatic rings. The van der Waals surface area contributed by atoms with Gasteiger partial charge in [0, 0.05) is 17.7 Å². The van der Waals surface area contributed by atoms with Crippen molar-refractivity contribution in [2.45, 2.75) is 19.4 Å². The lowest BCUT2D eigenvalue weighted by molar-refractivity contribution is -0.133. The van der Waals surface area contributed by atoms with Crippen molar-refractivity contribution in [1.82, 2.24) is 0 Å². The maximum atomic E-state index is 10.2. The van der Waals surface area contributed by atoms with Gasteiger partial charge in [0.05, 0.1) is 52.4 Å². The van der Waals surface area contributed by atoms with E-state index in [9.17, 15) is 14.4 Å². The number of aliphatic hydroxyl groups excluding tert-OH is 2. The first kappa shape index (κ1) is 32.1. The fraction of sp³-hybridized carbons (Fsp3) is 0.526. The normalized spacial score (nSPS) is 13.7. The van der Waals surface area contributed by atoms with Crippen molar-refractivity contribution >= 4 is 17.9 Å². The Morgan fingerprint density at radius 1 is 0.933 bits per heavy atom. The molecule has 0 spiro atoms. The summed E-state index contributed by atoms with van der Waals surface area (Å²) in [6.07, 6.45) is 4.38. The molecule has 1 saturated heterocycles. The summed E-state index contributed by atoms with van der Waals surface area (Å²) in [5, 5.41) is 40.1. The van der Waals surface area contributed by atoms with E-state index in [2.05, 4.69) is 13.2 Å². The van der Waals surface area contributed by atoms with E-state index in [1.54, 1.807) is 13.0 Å². The molecule has 11 nitrogen and oxygen atoms in total. The number of hydrogen-bond donors (Lipinski definition) is 5. The predicted octanol–water partition coefficient (Wildman–Crippen LogP) is 0.324. The average molecular weight is 436 g/mol. The lowest BCUT2D eigenvalue weighted by atomic mass is 10.2. The molecule has 30 heavy (non-hydrogen) atoms. The standard InChI is InChI=1S/C7H10O3.C6H14O4.2C3H4O2/c1-5(7(8)9)2-3-6-4-10-6;7-1-3-9-5-6-10-4-2-8;2*1-2-3(4)5/h2,6H,3-4H2,1H3,(H,8,9);7-8H,1-6H2;2*2H,1H2,(H,4,5). The number of carboxylic acids is 3. The Bertz CT molecular complexity index is 485. The molecule has 0 radical (unpaired) electrons. The number of carbonyl (C=O) groups is 3. The molecular weight excluding hydrogens is 404 g/mol. The van der Waals surface area contributed by atoms with E-state index in [1.165, 1.54) is 0 Å². The molecule has 1 aliphatic heterocycles. The quantitative estimate of drug-likeness (QED) is 0.161. The first-order chi connectivity index (χ1) is 14.2. The lowest BCUT2D eigenvalue weighted by Crippen LogP contribution is -2.09. The Kier molecular flexibility index (Phi) is 26.2. The van der Waals surface area contributed by atoms with Gasteiger partial charge < -0.3 is 39.7 Å². The molecule has 0 aromatic carbocycles. The Labute approximate surface area is 175 Å². The SMILES string of the molecule is C=CC(=O)O.C=CC(=O)O.CC(=CCC1CO1)C(=O)O.OCCOCCOCCO. The van der Waals surface area contributed by atoms with Crippen LogP contribution < -0.4 is 0 Å². The molecule has 0 aliphatic carbocycles. The lowest BCUT2D eigenvalue weighted by Gasteiger charge is -2.01. The Morgan fingerprint density at radius 3 is 1.53 bits per heavy atom. The van der Waals surface area contributed by atoms with Crippen LogP contribution in [0.1, 0.15) is 13.3 Å². The van der Waals surface area contributed by atoms with E-state index in [0.29, 0.717) is 32.0 Å². The van der Waals surface area contributed by atoms with Crippen LogP contribution in [0.4, 0.5) is 0 Å². The molecule has 0 amide bonds. The van der Waals surface area contributed by atoms with Crippen molar-refractivity contribution in [1.29, 1.82) is 0 Å². The second-order valence-electron chi connectivity index (χ2n) is 5.14. The van der Waals surface area contributed by atoms with Crippen molar-refractivity contribution in [2.24, 2.45) is 0 Å². The molecule has 1 heterocycles. The largest absolute Gasteiger partial charge is 0.478 e. The number of hydrogen-bond acceptors (Lipinski definition) is 8. The summed E-state index contributed by atoms with van der Waals surface area (Å²) in [5.74, 6) is -2.81. The third-order valence-corrected chi connectivity index (χ3v) is 2.62. The number of aliphatic hydroxyl groups is 2. The number of carboxylic acid groups (broad SMARTS) is 3. The first-order valence-electron chi connectivity index (χ1n) is 8.75. The highest BCUT2D eigenvalue weighted by molar-refractivity contribution is 5.85. The van der Waals surface area contributed by atoms with Crippen molar-refractivity contribution in [3.8, 4) is 0 Å². The van der Waals surface area contributed by atoms with Crippen LogP contribution in [0, 0.1) is 0 Å². The van der Waals surface area contributed by atoms with Crippen LogP contribution >= 0.6 is 0 Å². The zero-order valence-electron chi connectivity index (χ0n) is 17.1. The van der Waals surface area contributed by atoms with E-state index < -0.39 is 17.9 Å². The fourth-order valence-electron chi connectivity index (χ4n) is 1.05. The van der Waals surface area contributed by atoms with Crippen LogP contribution in [0.3, 0.4) is 0 Å². The second-order valence-corrected chi connectivity index (χ2v) is 5.14. The Hall–Kier alpha value is -2.57. The maximum Gasteiger partial charge on any atom is 0.330 e. The van der Waals surface area contributed by atoms with Gasteiger partial charge >= 0.3 is 17.9 Å². The van der Waals surface area contributed by atoms with Gasteiger partial charge in [-0.25, -0.2) is 14.4 Å². The Balaban J connectivity index is -0.000000343. The summed E-state index contributed by atoms with van der Waals surface area (Å²) in [6, 6.07) is 0. The van der Waals surface area contributed by atoms with Gasteiger partial charge in [-0.15, -0.1) is 0 Å². The number of ether oxygens (including phenoxy) is 3. The van der Waals surface area contributed by atoms with Crippen molar-refractivity contribution in [3.63, 3.8) is 0 Å². The summed E-state index contributed by atoms with van der Waals surface area (Å²) in [4.78, 5) is 28.7. The highest BCUT2D eigenvalue weighted by atomic mass is 16.6. The average Bonchev–Trinajstić information content (AvgIpc) is 3.54. The molecule has 1 rings (SSSR count). The smallest absolute Gasteiger partial charge is 0.330 e. The molecule has 0 bridgehead atoms. The van der Waals surface area contributed by atoms with Crippen molar-refractivity contribution < 1.29 is 54.1 Å². The summed E-state index contributed by atoms with van der Waals surface area (Å²) < 4.78 is 14.6. The van der Waals surface area contributed by atoms with E-state index in [-0.39, 0.29) is 19.3 Å². The van der Waals surface area contributed by atoms with Crippen LogP contribution in [0.5, 0.6) is 0 Å². The van der Waals surface area contributed by atoms with Crippen LogP contribution in [0.2, 0.25) is 0 Å². The van der Waals surface area contributed by atoms with E-state index in [1.807, 2.05) is 0 Å². The molecule has 0 aromatic heterocycles. The molecule has 174 valence electrons. The van der Waals surface area contributed by atoms with Gasteiger partial charge in [0.25, 0.3) is 0 Å². The van der Waals surface area contributed by atoms with Crippen molar-refractivity contribution in [2.75, 3.05) is 46.2 Å². The highest BCUT2D eigenvalue weighted by Crippen LogP contribution is 2.14. The summed E-state index contributed by atoms with van der Waals surface area (Å²) in [7, 11) is 0. The van der Waals surface area contributed by atoms with Gasteiger partial charge in [-0.3, -0.25) is 0 Å². The van der Waals surface area contributed by atoms with Gasteiger partial charge in [0.1, 0.15) is 0 Å². The molecule has 0 aromatic rings. The first-order valence-corrected chi connectivity index (χ1v) is 8.75. The molecule has 5 N–H and O–H groups in total. The molecule has 0 saturated carbocycles. The molecule has 11 heteroatoms. The summed E-state index contributed by atoms with van der Waals surface area (Å²) in [6.45, 7) is 10.0. The second kappa shape index (κ2) is 24.5. The monoisotopic (exact) mass is 436 g/mol. The van der Waals surface area contributed by atoms with Gasteiger partial charge in [-0.1, -0.05) is 19.2 Å². The summed E-state index contributed by atoms with van der Waals surface area (Å²) in [5.41, 5.74) is 0.399. The third-order valence-electron chi connectivity index (χ3n) is 2.62. The number of aliphatic carboxylic acids is 3. The minimum Gasteiger partial charge on any atom is -0.478 e. The van der Waals surface area contributed by atoms with Gasteiger partial charge in [-0.05, 0) is 13.3 Å². The highest BCUT2D eigenvalue weighted by Gasteiger charge is 2.20. The van der Waals surface area contributed by atoms with Gasteiger partial charge in [0.15, 0.2) is 0 Å². The summed E-state index contributed by atoms with van der Waals surface area (Å²) >= 11 is 0. The van der Waals surface area contributed by atoms with Gasteiger partial charge in [-0.2, -0.15) is 0 Å². The zero-order valence-corrected chi connectivity index (χ0v) is 17.1. The zero-order chi connectivity index (χ0) is 23.8. The number of epoxide rings is 1. The van der Waals surface area contributed by atoms with Crippen LogP contribution in [0.15, 0.2) is 37.0 Å². The van der Waals surface area contributed by atoms with E-state index in [4.69, 9.17) is 39.7 Å². The molecular formula is C19H32O11. The van der Waals surface area contributed by atoms with E-state index in [0.717, 1.165) is 25.2 Å². The number of rotatable bonds is 12. The fourth-order valence-corrected chi connectivity index (χ4v) is 1.05.